The summed E-state index contributed by atoms with van der Waals surface area (Å²) in [6, 6.07) is 17.9. The third-order valence-corrected chi connectivity index (χ3v) is 6.84. The fourth-order valence-corrected chi connectivity index (χ4v) is 4.59. The van der Waals surface area contributed by atoms with E-state index in [0.29, 0.717) is 5.75 Å². The number of nitrogens with one attached hydrogen (secondary N) is 1. The lowest BCUT2D eigenvalue weighted by molar-refractivity contribution is -0.118. The number of carbonyl (C=O) groups is 1. The number of amides is 1. The zero-order valence-electron chi connectivity index (χ0n) is 21.0. The highest BCUT2D eigenvalue weighted by Crippen LogP contribution is 2.12. The van der Waals surface area contributed by atoms with Crippen LogP contribution in [-0.4, -0.2) is 72.9 Å². The van der Waals surface area contributed by atoms with Gasteiger partial charge in [-0.3, -0.25) is 4.79 Å². The number of ether oxygens (including phenoxy) is 2. The first kappa shape index (κ1) is 29.2. The number of thioether (sulfide) groups is 2. The third kappa shape index (κ3) is 14.2. The van der Waals surface area contributed by atoms with Crippen molar-refractivity contribution >= 4 is 35.6 Å². The number of nitrogens with zero attached hydrogens (tertiary/aromatic N) is 2. The fraction of sp³-hybridized carbons (Fsp3) is 0.481. The maximum atomic E-state index is 11.4. The van der Waals surface area contributed by atoms with Crippen molar-refractivity contribution in [3.63, 3.8) is 0 Å². The second-order valence-corrected chi connectivity index (χ2v) is 10.3. The third-order valence-electron chi connectivity index (χ3n) is 5.03. The highest BCUT2D eigenvalue weighted by molar-refractivity contribution is 7.99. The van der Waals surface area contributed by atoms with E-state index >= 15 is 0 Å². The predicted octanol–water partition coefficient (Wildman–Crippen LogP) is 4.93. The van der Waals surface area contributed by atoms with Crippen molar-refractivity contribution in [1.29, 1.82) is 0 Å². The highest BCUT2D eigenvalue weighted by atomic mass is 32.2. The number of hydrogen-bond donors (Lipinski definition) is 1. The SMILES string of the molecule is CCOCc1ccccc1.CCSCC(=O)N/N=C/c1ccc(OCCCN2CCSCC2)cc1. The van der Waals surface area contributed by atoms with E-state index < -0.39 is 0 Å². The Hall–Kier alpha value is -2.00. The largest absolute Gasteiger partial charge is 0.494 e. The Bertz CT molecular complexity index is 829. The molecule has 3 rings (SSSR count). The number of hydrazone groups is 1. The lowest BCUT2D eigenvalue weighted by Crippen LogP contribution is -2.33. The maximum absolute atomic E-state index is 11.4. The van der Waals surface area contributed by atoms with E-state index in [9.17, 15) is 4.79 Å². The van der Waals surface area contributed by atoms with E-state index in [0.717, 1.165) is 49.9 Å². The van der Waals surface area contributed by atoms with Gasteiger partial charge < -0.3 is 14.4 Å². The van der Waals surface area contributed by atoms with Crippen molar-refractivity contribution < 1.29 is 14.3 Å². The predicted molar refractivity (Wildman–Crippen MR) is 151 cm³/mol. The molecule has 1 aliphatic heterocycles. The molecule has 1 heterocycles. The Labute approximate surface area is 219 Å². The Morgan fingerprint density at radius 1 is 1.11 bits per heavy atom. The number of rotatable bonds is 13. The second kappa shape index (κ2) is 19.2. The molecule has 0 aliphatic carbocycles. The molecule has 192 valence electrons. The molecular formula is C27H39N3O3S2. The van der Waals surface area contributed by atoms with E-state index in [1.54, 1.807) is 18.0 Å². The van der Waals surface area contributed by atoms with Gasteiger partial charge in [0.2, 0.25) is 5.91 Å². The summed E-state index contributed by atoms with van der Waals surface area (Å²) >= 11 is 3.61. The average Bonchev–Trinajstić information content (AvgIpc) is 2.91. The molecular weight excluding hydrogens is 478 g/mol. The molecule has 0 atom stereocenters. The van der Waals surface area contributed by atoms with Crippen LogP contribution in [0.15, 0.2) is 59.7 Å². The molecule has 2 aromatic carbocycles. The molecule has 1 saturated heterocycles. The van der Waals surface area contributed by atoms with Crippen LogP contribution in [0.5, 0.6) is 5.75 Å². The standard InChI is InChI=1S/C18H27N3O2S2.C9H12O/c1-2-24-15-18(22)20-19-14-16-4-6-17(7-5-16)23-11-3-8-21-9-12-25-13-10-21;1-2-10-8-9-6-4-3-5-7-9/h4-7,14H,2-3,8-13,15H2,1H3,(H,20,22);3-7H,2,8H2,1H3/b19-14+;. The summed E-state index contributed by atoms with van der Waals surface area (Å²) in [4.78, 5) is 13.9. The van der Waals surface area contributed by atoms with Crippen LogP contribution in [-0.2, 0) is 16.1 Å². The van der Waals surface area contributed by atoms with Crippen molar-refractivity contribution in [3.8, 4) is 5.75 Å². The van der Waals surface area contributed by atoms with Crippen LogP contribution in [0.3, 0.4) is 0 Å². The fourth-order valence-electron chi connectivity index (χ4n) is 3.15. The zero-order chi connectivity index (χ0) is 25.0. The summed E-state index contributed by atoms with van der Waals surface area (Å²) in [6.45, 7) is 9.80. The normalized spacial score (nSPS) is 13.8. The molecule has 0 spiro atoms. The smallest absolute Gasteiger partial charge is 0.250 e. The highest BCUT2D eigenvalue weighted by Gasteiger charge is 2.09. The van der Waals surface area contributed by atoms with Gasteiger partial charge in [0, 0.05) is 37.7 Å². The molecule has 6 nitrogen and oxygen atoms in total. The van der Waals surface area contributed by atoms with E-state index in [-0.39, 0.29) is 5.91 Å². The molecule has 0 bridgehead atoms. The maximum Gasteiger partial charge on any atom is 0.250 e. The summed E-state index contributed by atoms with van der Waals surface area (Å²) in [6.07, 6.45) is 2.70. The van der Waals surface area contributed by atoms with Gasteiger partial charge in [-0.1, -0.05) is 37.3 Å². The lowest BCUT2D eigenvalue weighted by atomic mass is 10.2. The average molecular weight is 518 g/mol. The summed E-state index contributed by atoms with van der Waals surface area (Å²) in [5.74, 6) is 4.67. The van der Waals surface area contributed by atoms with Gasteiger partial charge in [-0.05, 0) is 54.5 Å². The molecule has 0 unspecified atom stereocenters. The quantitative estimate of drug-likeness (QED) is 0.231. The van der Waals surface area contributed by atoms with Crippen LogP contribution in [0.2, 0.25) is 0 Å². The first-order valence-corrected chi connectivity index (χ1v) is 14.6. The van der Waals surface area contributed by atoms with Gasteiger partial charge in [0.1, 0.15) is 5.75 Å². The minimum Gasteiger partial charge on any atom is -0.494 e. The van der Waals surface area contributed by atoms with Crippen LogP contribution in [0, 0.1) is 0 Å². The Morgan fingerprint density at radius 3 is 2.54 bits per heavy atom. The van der Waals surface area contributed by atoms with Crippen molar-refractivity contribution in [1.82, 2.24) is 10.3 Å². The van der Waals surface area contributed by atoms with Gasteiger partial charge in [0.05, 0.1) is 25.2 Å². The molecule has 8 heteroatoms. The summed E-state index contributed by atoms with van der Waals surface area (Å²) in [7, 11) is 0. The molecule has 2 aromatic rings. The minimum atomic E-state index is -0.0737. The van der Waals surface area contributed by atoms with Gasteiger partial charge in [-0.15, -0.1) is 0 Å². The Morgan fingerprint density at radius 2 is 1.86 bits per heavy atom. The van der Waals surface area contributed by atoms with E-state index in [1.165, 1.54) is 30.2 Å². The van der Waals surface area contributed by atoms with E-state index in [2.05, 4.69) is 27.6 Å². The lowest BCUT2D eigenvalue weighted by Gasteiger charge is -2.25. The van der Waals surface area contributed by atoms with Gasteiger partial charge >= 0.3 is 0 Å². The monoisotopic (exact) mass is 517 g/mol. The molecule has 0 aromatic heterocycles. The second-order valence-electron chi connectivity index (χ2n) is 7.78. The Kier molecular flexibility index (Phi) is 16.1. The molecule has 1 fully saturated rings. The van der Waals surface area contributed by atoms with Gasteiger partial charge in [0.15, 0.2) is 0 Å². The first-order chi connectivity index (χ1) is 17.2. The molecule has 0 radical (unpaired) electrons. The first-order valence-electron chi connectivity index (χ1n) is 12.3. The van der Waals surface area contributed by atoms with Gasteiger partial charge in [-0.25, -0.2) is 5.43 Å². The number of carbonyl (C=O) groups excluding carboxylic acids is 1. The van der Waals surface area contributed by atoms with E-state index in [1.807, 2.05) is 68.1 Å². The van der Waals surface area contributed by atoms with Crippen LogP contribution in [0.1, 0.15) is 31.4 Å². The van der Waals surface area contributed by atoms with E-state index in [4.69, 9.17) is 9.47 Å². The summed E-state index contributed by atoms with van der Waals surface area (Å²) in [5, 5.41) is 3.97. The van der Waals surface area contributed by atoms with Crippen molar-refractivity contribution in [2.45, 2.75) is 26.9 Å². The minimum absolute atomic E-state index is 0.0737. The molecule has 1 N–H and O–H groups in total. The topological polar surface area (TPSA) is 63.2 Å². The van der Waals surface area contributed by atoms with Crippen molar-refractivity contribution in [2.75, 3.05) is 55.9 Å². The molecule has 1 aliphatic rings. The summed E-state index contributed by atoms with van der Waals surface area (Å²) in [5.41, 5.74) is 4.70. The molecule has 1 amide bonds. The number of benzene rings is 2. The van der Waals surface area contributed by atoms with Crippen LogP contribution in [0.25, 0.3) is 0 Å². The Balaban J connectivity index is 0.000000360. The van der Waals surface area contributed by atoms with Gasteiger partial charge in [0.25, 0.3) is 0 Å². The van der Waals surface area contributed by atoms with Crippen molar-refractivity contribution in [2.24, 2.45) is 5.10 Å². The van der Waals surface area contributed by atoms with Crippen molar-refractivity contribution in [3.05, 3.63) is 65.7 Å². The zero-order valence-corrected chi connectivity index (χ0v) is 22.6. The van der Waals surface area contributed by atoms with Crippen LogP contribution in [0.4, 0.5) is 0 Å². The van der Waals surface area contributed by atoms with Crippen LogP contribution < -0.4 is 10.2 Å². The summed E-state index contributed by atoms with van der Waals surface area (Å²) < 4.78 is 11.0. The number of hydrogen-bond acceptors (Lipinski definition) is 7. The molecule has 0 saturated carbocycles. The van der Waals surface area contributed by atoms with Gasteiger partial charge in [-0.2, -0.15) is 28.6 Å². The van der Waals surface area contributed by atoms with Crippen LogP contribution >= 0.6 is 23.5 Å². The molecule has 35 heavy (non-hydrogen) atoms.